The van der Waals surface area contributed by atoms with Crippen LogP contribution in [0.1, 0.15) is 32.4 Å². The van der Waals surface area contributed by atoms with Crippen LogP contribution in [0, 0.1) is 5.82 Å². The molecule has 0 saturated carbocycles. The third kappa shape index (κ3) is 5.72. The zero-order valence-corrected chi connectivity index (χ0v) is 15.9. The highest BCUT2D eigenvalue weighted by atomic mass is 28.4. The second kappa shape index (κ2) is 8.04. The van der Waals surface area contributed by atoms with Crippen LogP contribution in [0.5, 0.6) is 0 Å². The largest absolute Gasteiger partial charge is 0.414 e. The molecule has 0 radical (unpaired) electrons. The molecule has 23 heavy (non-hydrogen) atoms. The first-order chi connectivity index (χ1) is 10.6. The Morgan fingerprint density at radius 2 is 1.87 bits per heavy atom. The second-order valence-corrected chi connectivity index (χ2v) is 12.0. The summed E-state index contributed by atoms with van der Waals surface area (Å²) in [5.41, 5.74) is 0.735. The minimum absolute atomic E-state index is 0.138. The quantitative estimate of drug-likeness (QED) is 0.451. The van der Waals surface area contributed by atoms with Crippen LogP contribution in [-0.2, 0) is 9.16 Å². The SMILES string of the molecule is C=C[C@H](CO[Si](C)(C)C(C)(C)C)O[C@H](C=C)c1cccc(F)c1. The average Bonchev–Trinajstić information content (AvgIpc) is 2.46. The van der Waals surface area contributed by atoms with E-state index in [1.165, 1.54) is 12.1 Å². The van der Waals surface area contributed by atoms with Crippen molar-refractivity contribution in [2.45, 2.75) is 51.1 Å². The van der Waals surface area contributed by atoms with Crippen molar-refractivity contribution in [3.8, 4) is 0 Å². The predicted molar refractivity (Wildman–Crippen MR) is 97.6 cm³/mol. The summed E-state index contributed by atoms with van der Waals surface area (Å²) >= 11 is 0. The molecular weight excluding hydrogens is 307 g/mol. The van der Waals surface area contributed by atoms with E-state index in [-0.39, 0.29) is 17.0 Å². The first-order valence-electron chi connectivity index (χ1n) is 7.90. The fourth-order valence-corrected chi connectivity index (χ4v) is 2.83. The summed E-state index contributed by atoms with van der Waals surface area (Å²) in [6.45, 7) is 19.0. The van der Waals surface area contributed by atoms with Gasteiger partial charge in [-0.2, -0.15) is 0 Å². The van der Waals surface area contributed by atoms with Gasteiger partial charge in [0.25, 0.3) is 0 Å². The lowest BCUT2D eigenvalue weighted by Gasteiger charge is -2.37. The molecule has 0 aliphatic rings. The van der Waals surface area contributed by atoms with Gasteiger partial charge in [-0.25, -0.2) is 4.39 Å². The van der Waals surface area contributed by atoms with E-state index in [2.05, 4.69) is 47.0 Å². The van der Waals surface area contributed by atoms with Gasteiger partial charge in [-0.1, -0.05) is 45.1 Å². The van der Waals surface area contributed by atoms with Crippen LogP contribution in [0.15, 0.2) is 49.6 Å². The van der Waals surface area contributed by atoms with Crippen molar-refractivity contribution < 1.29 is 13.6 Å². The third-order valence-electron chi connectivity index (χ3n) is 4.39. The van der Waals surface area contributed by atoms with Gasteiger partial charge in [0, 0.05) is 0 Å². The smallest absolute Gasteiger partial charge is 0.192 e. The van der Waals surface area contributed by atoms with E-state index in [0.29, 0.717) is 6.61 Å². The Morgan fingerprint density at radius 1 is 1.22 bits per heavy atom. The molecule has 0 unspecified atom stereocenters. The molecule has 0 fully saturated rings. The summed E-state index contributed by atoms with van der Waals surface area (Å²) in [6, 6.07) is 6.36. The summed E-state index contributed by atoms with van der Waals surface area (Å²) in [6.07, 6.45) is 2.73. The van der Waals surface area contributed by atoms with E-state index in [1.807, 2.05) is 6.07 Å². The van der Waals surface area contributed by atoms with Crippen molar-refractivity contribution in [3.63, 3.8) is 0 Å². The molecule has 1 aromatic carbocycles. The maximum atomic E-state index is 13.4. The van der Waals surface area contributed by atoms with Gasteiger partial charge < -0.3 is 9.16 Å². The third-order valence-corrected chi connectivity index (χ3v) is 8.89. The van der Waals surface area contributed by atoms with Crippen molar-refractivity contribution in [1.82, 2.24) is 0 Å². The molecule has 0 aromatic heterocycles. The van der Waals surface area contributed by atoms with Crippen molar-refractivity contribution in [2.75, 3.05) is 6.61 Å². The van der Waals surface area contributed by atoms with Gasteiger partial charge in [0.1, 0.15) is 11.9 Å². The first-order valence-corrected chi connectivity index (χ1v) is 10.8. The first kappa shape index (κ1) is 19.8. The van der Waals surface area contributed by atoms with Crippen molar-refractivity contribution in [2.24, 2.45) is 0 Å². The standard InChI is InChI=1S/C19H29FO2Si/c1-8-17(14-21-23(6,7)19(3,4)5)22-18(9-2)15-11-10-12-16(20)13-15/h8-13,17-18H,1-2,14H2,3-7H3/t17-,18-/m1/s1. The highest BCUT2D eigenvalue weighted by Gasteiger charge is 2.37. The molecule has 0 aliphatic carbocycles. The number of ether oxygens (including phenoxy) is 1. The van der Waals surface area contributed by atoms with E-state index in [1.54, 1.807) is 18.2 Å². The van der Waals surface area contributed by atoms with Gasteiger partial charge in [-0.15, -0.1) is 13.2 Å². The minimum Gasteiger partial charge on any atom is -0.414 e. The number of hydrogen-bond donors (Lipinski definition) is 0. The molecule has 1 rings (SSSR count). The van der Waals surface area contributed by atoms with Crippen molar-refractivity contribution in [1.29, 1.82) is 0 Å². The Balaban J connectivity index is 2.75. The summed E-state index contributed by atoms with van der Waals surface area (Å²) in [5, 5.41) is 0.138. The van der Waals surface area contributed by atoms with Gasteiger partial charge in [0.15, 0.2) is 8.32 Å². The van der Waals surface area contributed by atoms with Gasteiger partial charge in [-0.05, 0) is 35.8 Å². The normalized spacial score (nSPS) is 15.0. The molecule has 0 amide bonds. The lowest BCUT2D eigenvalue weighted by Crippen LogP contribution is -2.42. The fourth-order valence-electron chi connectivity index (χ4n) is 1.81. The zero-order chi connectivity index (χ0) is 17.7. The van der Waals surface area contributed by atoms with Gasteiger partial charge >= 0.3 is 0 Å². The highest BCUT2D eigenvalue weighted by molar-refractivity contribution is 6.74. The molecule has 2 atom stereocenters. The minimum atomic E-state index is -1.85. The molecule has 0 heterocycles. The molecule has 2 nitrogen and oxygen atoms in total. The molecule has 0 bridgehead atoms. The summed E-state index contributed by atoms with van der Waals surface area (Å²) in [5.74, 6) is -0.286. The lowest BCUT2D eigenvalue weighted by molar-refractivity contribution is 0.0109. The summed E-state index contributed by atoms with van der Waals surface area (Å²) in [7, 11) is -1.85. The molecule has 4 heteroatoms. The Kier molecular flexibility index (Phi) is 6.93. The van der Waals surface area contributed by atoms with E-state index in [4.69, 9.17) is 9.16 Å². The fraction of sp³-hybridized carbons (Fsp3) is 0.474. The molecule has 0 N–H and O–H groups in total. The molecule has 128 valence electrons. The van der Waals surface area contributed by atoms with Crippen LogP contribution in [0.2, 0.25) is 18.1 Å². The van der Waals surface area contributed by atoms with Gasteiger partial charge in [-0.3, -0.25) is 0 Å². The van der Waals surface area contributed by atoms with Crippen LogP contribution in [-0.4, -0.2) is 21.0 Å². The monoisotopic (exact) mass is 336 g/mol. The van der Waals surface area contributed by atoms with E-state index in [9.17, 15) is 4.39 Å². The lowest BCUT2D eigenvalue weighted by atomic mass is 10.1. The van der Waals surface area contributed by atoms with Crippen LogP contribution in [0.25, 0.3) is 0 Å². The van der Waals surface area contributed by atoms with E-state index in [0.717, 1.165) is 5.56 Å². The molecular formula is C19H29FO2Si. The van der Waals surface area contributed by atoms with Crippen LogP contribution in [0.4, 0.5) is 4.39 Å². The van der Waals surface area contributed by atoms with Crippen molar-refractivity contribution in [3.05, 3.63) is 61.0 Å². The number of hydrogen-bond acceptors (Lipinski definition) is 2. The second-order valence-electron chi connectivity index (χ2n) is 7.19. The van der Waals surface area contributed by atoms with E-state index >= 15 is 0 Å². The van der Waals surface area contributed by atoms with Gasteiger partial charge in [0.2, 0.25) is 0 Å². The van der Waals surface area contributed by atoms with Crippen molar-refractivity contribution >= 4 is 8.32 Å². The molecule has 0 saturated heterocycles. The highest BCUT2D eigenvalue weighted by Crippen LogP contribution is 2.36. The number of rotatable bonds is 8. The molecule has 1 aromatic rings. The predicted octanol–water partition coefficient (Wildman–Crippen LogP) is 5.65. The van der Waals surface area contributed by atoms with E-state index < -0.39 is 14.4 Å². The molecule has 0 aliphatic heterocycles. The number of halogens is 1. The maximum absolute atomic E-state index is 13.4. The Morgan fingerprint density at radius 3 is 2.35 bits per heavy atom. The van der Waals surface area contributed by atoms with Crippen LogP contribution in [0.3, 0.4) is 0 Å². The van der Waals surface area contributed by atoms with Crippen LogP contribution >= 0.6 is 0 Å². The van der Waals surface area contributed by atoms with Crippen LogP contribution < -0.4 is 0 Å². The Labute approximate surface area is 141 Å². The summed E-state index contributed by atoms with van der Waals surface area (Å²) in [4.78, 5) is 0. The average molecular weight is 337 g/mol. The topological polar surface area (TPSA) is 18.5 Å². The molecule has 0 spiro atoms. The number of benzene rings is 1. The maximum Gasteiger partial charge on any atom is 0.192 e. The Hall–Kier alpha value is -1.23. The Bertz CT molecular complexity index is 534. The van der Waals surface area contributed by atoms with Gasteiger partial charge in [0.05, 0.1) is 12.7 Å². The zero-order valence-electron chi connectivity index (χ0n) is 14.9. The summed E-state index contributed by atoms with van der Waals surface area (Å²) < 4.78 is 25.6.